The SMILES string of the molecule is CSCCC(O)C(=O)O.CSCC[C@H](N)C(=O)O. The van der Waals surface area contributed by atoms with Gasteiger partial charge in [0.15, 0.2) is 6.10 Å². The maximum Gasteiger partial charge on any atom is 0.332 e. The predicted octanol–water partition coefficient (Wildman–Crippen LogP) is 0.336. The van der Waals surface area contributed by atoms with Gasteiger partial charge in [-0.1, -0.05) is 0 Å². The second-order valence-corrected chi connectivity index (χ2v) is 5.33. The van der Waals surface area contributed by atoms with E-state index >= 15 is 0 Å². The van der Waals surface area contributed by atoms with E-state index in [4.69, 9.17) is 21.1 Å². The van der Waals surface area contributed by atoms with Crippen molar-refractivity contribution < 1.29 is 24.9 Å². The van der Waals surface area contributed by atoms with Crippen LogP contribution >= 0.6 is 23.5 Å². The third-order valence-corrected chi connectivity index (χ3v) is 3.12. The van der Waals surface area contributed by atoms with Gasteiger partial charge in [0.25, 0.3) is 0 Å². The van der Waals surface area contributed by atoms with E-state index in [-0.39, 0.29) is 0 Å². The number of carboxylic acids is 2. The molecular formula is C10H21NO5S2. The highest BCUT2D eigenvalue weighted by molar-refractivity contribution is 7.98. The van der Waals surface area contributed by atoms with Crippen LogP contribution in [0.4, 0.5) is 0 Å². The summed E-state index contributed by atoms with van der Waals surface area (Å²) in [6, 6.07) is -0.683. The highest BCUT2D eigenvalue weighted by Crippen LogP contribution is 1.99. The van der Waals surface area contributed by atoms with E-state index < -0.39 is 24.1 Å². The van der Waals surface area contributed by atoms with Gasteiger partial charge in [0, 0.05) is 0 Å². The molecule has 0 aromatic carbocycles. The summed E-state index contributed by atoms with van der Waals surface area (Å²) >= 11 is 3.13. The van der Waals surface area contributed by atoms with E-state index in [1.807, 2.05) is 12.5 Å². The molecule has 6 nitrogen and oxygen atoms in total. The molecule has 0 rings (SSSR count). The van der Waals surface area contributed by atoms with E-state index in [1.54, 1.807) is 11.8 Å². The van der Waals surface area contributed by atoms with Gasteiger partial charge in [-0.15, -0.1) is 0 Å². The van der Waals surface area contributed by atoms with Gasteiger partial charge in [-0.2, -0.15) is 23.5 Å². The zero-order valence-electron chi connectivity index (χ0n) is 10.5. The Labute approximate surface area is 115 Å². The summed E-state index contributed by atoms with van der Waals surface area (Å²) in [7, 11) is 0. The molecule has 0 aromatic heterocycles. The average molecular weight is 299 g/mol. The second kappa shape index (κ2) is 13.0. The fraction of sp³-hybridized carbons (Fsp3) is 0.800. The van der Waals surface area contributed by atoms with Crippen molar-refractivity contribution in [2.45, 2.75) is 25.0 Å². The fourth-order valence-corrected chi connectivity index (χ4v) is 1.67. The van der Waals surface area contributed by atoms with Crippen LogP contribution in [0, 0.1) is 0 Å². The van der Waals surface area contributed by atoms with Crippen molar-refractivity contribution in [3.63, 3.8) is 0 Å². The van der Waals surface area contributed by atoms with E-state index in [2.05, 4.69) is 0 Å². The van der Waals surface area contributed by atoms with Crippen LogP contribution in [0.2, 0.25) is 0 Å². The molecule has 0 bridgehead atoms. The van der Waals surface area contributed by atoms with Crippen molar-refractivity contribution in [3.8, 4) is 0 Å². The molecule has 1 unspecified atom stereocenters. The largest absolute Gasteiger partial charge is 0.480 e. The number of rotatable bonds is 8. The summed E-state index contributed by atoms with van der Waals surface area (Å²) in [5.74, 6) is -0.547. The van der Waals surface area contributed by atoms with Crippen molar-refractivity contribution in [1.29, 1.82) is 0 Å². The maximum atomic E-state index is 10.1. The Morgan fingerprint density at radius 1 is 1.06 bits per heavy atom. The molecular weight excluding hydrogens is 278 g/mol. The average Bonchev–Trinajstić information content (AvgIpc) is 2.33. The minimum absolute atomic E-state index is 0.330. The highest BCUT2D eigenvalue weighted by Gasteiger charge is 2.10. The van der Waals surface area contributed by atoms with E-state index in [0.717, 1.165) is 5.75 Å². The summed E-state index contributed by atoms with van der Waals surface area (Å²) < 4.78 is 0. The van der Waals surface area contributed by atoms with Crippen LogP contribution in [-0.2, 0) is 9.59 Å². The smallest absolute Gasteiger partial charge is 0.332 e. The highest BCUT2D eigenvalue weighted by atomic mass is 32.2. The molecule has 0 fully saturated rings. The van der Waals surface area contributed by atoms with Gasteiger partial charge in [0.2, 0.25) is 0 Å². The standard InChI is InChI=1S/C5H11NO2S.C5H10O3S/c2*1-9-3-2-4(6)5(7)8/h4H,2-3,6H2,1H3,(H,7,8);4,6H,2-3H2,1H3,(H,7,8)/t4-;/m0./s1. The molecule has 2 atom stereocenters. The van der Waals surface area contributed by atoms with Gasteiger partial charge < -0.3 is 21.1 Å². The quantitative estimate of drug-likeness (QED) is 0.506. The summed E-state index contributed by atoms with van der Waals surface area (Å²) in [5, 5.41) is 25.1. The summed E-state index contributed by atoms with van der Waals surface area (Å²) in [6.07, 6.45) is 3.49. The first kappa shape index (κ1) is 19.9. The second-order valence-electron chi connectivity index (χ2n) is 3.36. The molecule has 0 aliphatic rings. The Hall–Kier alpha value is -0.440. The Bertz CT molecular complexity index is 216. The van der Waals surface area contributed by atoms with Gasteiger partial charge in [0.05, 0.1) is 0 Å². The van der Waals surface area contributed by atoms with Gasteiger partial charge in [-0.25, -0.2) is 4.79 Å². The lowest BCUT2D eigenvalue weighted by atomic mass is 10.2. The molecule has 18 heavy (non-hydrogen) atoms. The normalized spacial score (nSPS) is 13.1. The first-order valence-electron chi connectivity index (χ1n) is 5.23. The van der Waals surface area contributed by atoms with E-state index in [0.29, 0.717) is 18.6 Å². The van der Waals surface area contributed by atoms with Gasteiger partial charge >= 0.3 is 11.9 Å². The molecule has 0 radical (unpaired) electrons. The van der Waals surface area contributed by atoms with Crippen LogP contribution in [-0.4, -0.2) is 63.4 Å². The summed E-state index contributed by atoms with van der Waals surface area (Å²) in [5.41, 5.74) is 5.19. The lowest BCUT2D eigenvalue weighted by Crippen LogP contribution is -2.30. The lowest BCUT2D eigenvalue weighted by Gasteiger charge is -2.02. The number of hydrogen-bond acceptors (Lipinski definition) is 6. The van der Waals surface area contributed by atoms with Gasteiger partial charge in [-0.05, 0) is 36.9 Å². The number of thioether (sulfide) groups is 2. The number of aliphatic hydroxyl groups excluding tert-OH is 1. The minimum atomic E-state index is -1.18. The first-order chi connectivity index (χ1) is 8.36. The lowest BCUT2D eigenvalue weighted by molar-refractivity contribution is -0.146. The molecule has 0 aliphatic carbocycles. The van der Waals surface area contributed by atoms with Crippen LogP contribution < -0.4 is 5.73 Å². The topological polar surface area (TPSA) is 121 Å². The third-order valence-electron chi connectivity index (χ3n) is 1.83. The number of carbonyl (C=O) groups is 2. The molecule has 0 amide bonds. The Morgan fingerprint density at radius 3 is 1.83 bits per heavy atom. The molecule has 8 heteroatoms. The number of aliphatic hydroxyl groups is 1. The molecule has 0 spiro atoms. The van der Waals surface area contributed by atoms with Crippen LogP contribution in [0.5, 0.6) is 0 Å². The molecule has 0 heterocycles. The maximum absolute atomic E-state index is 10.1. The molecule has 0 saturated carbocycles. The Kier molecular flexibility index (Phi) is 14.4. The van der Waals surface area contributed by atoms with Crippen LogP contribution in [0.1, 0.15) is 12.8 Å². The van der Waals surface area contributed by atoms with Crippen LogP contribution in [0.15, 0.2) is 0 Å². The Balaban J connectivity index is 0. The number of nitrogens with two attached hydrogens (primary N) is 1. The van der Waals surface area contributed by atoms with Crippen molar-refractivity contribution >= 4 is 35.5 Å². The third kappa shape index (κ3) is 13.6. The number of hydrogen-bond donors (Lipinski definition) is 4. The van der Waals surface area contributed by atoms with Crippen molar-refractivity contribution in [2.75, 3.05) is 24.0 Å². The first-order valence-corrected chi connectivity index (χ1v) is 8.02. The van der Waals surface area contributed by atoms with Crippen molar-refractivity contribution in [3.05, 3.63) is 0 Å². The van der Waals surface area contributed by atoms with E-state index in [9.17, 15) is 9.59 Å². The molecule has 0 aromatic rings. The number of aliphatic carboxylic acids is 2. The fourth-order valence-electron chi connectivity index (χ4n) is 0.721. The molecule has 5 N–H and O–H groups in total. The van der Waals surface area contributed by atoms with Gasteiger partial charge in [0.1, 0.15) is 6.04 Å². The number of carboxylic acid groups (broad SMARTS) is 2. The van der Waals surface area contributed by atoms with Gasteiger partial charge in [-0.3, -0.25) is 4.79 Å². The monoisotopic (exact) mass is 299 g/mol. The van der Waals surface area contributed by atoms with E-state index in [1.165, 1.54) is 11.8 Å². The zero-order chi connectivity index (χ0) is 14.6. The molecule has 0 saturated heterocycles. The summed E-state index contributed by atoms with van der Waals surface area (Å²) in [4.78, 5) is 20.0. The van der Waals surface area contributed by atoms with Crippen LogP contribution in [0.25, 0.3) is 0 Å². The molecule has 0 aliphatic heterocycles. The van der Waals surface area contributed by atoms with Crippen LogP contribution in [0.3, 0.4) is 0 Å². The molecule has 108 valence electrons. The predicted molar refractivity (Wildman–Crippen MR) is 75.3 cm³/mol. The zero-order valence-corrected chi connectivity index (χ0v) is 12.2. The summed E-state index contributed by atoms with van der Waals surface area (Å²) in [6.45, 7) is 0. The minimum Gasteiger partial charge on any atom is -0.480 e. The van der Waals surface area contributed by atoms with Crippen molar-refractivity contribution in [2.24, 2.45) is 5.73 Å². The van der Waals surface area contributed by atoms with Crippen molar-refractivity contribution in [1.82, 2.24) is 0 Å². The Morgan fingerprint density at radius 2 is 1.50 bits per heavy atom.